The largest absolute Gasteiger partial charge is 0.324 e. The number of benzene rings is 1. The van der Waals surface area contributed by atoms with Crippen LogP contribution in [-0.4, -0.2) is 11.3 Å². The van der Waals surface area contributed by atoms with Gasteiger partial charge in [0, 0.05) is 6.04 Å². The molecule has 1 aromatic carbocycles. The minimum Gasteiger partial charge on any atom is -0.324 e. The molecule has 2 heteroatoms. The molecule has 0 aliphatic rings. The summed E-state index contributed by atoms with van der Waals surface area (Å²) in [6, 6.07) is 10.4. The van der Waals surface area contributed by atoms with Crippen molar-refractivity contribution in [1.29, 1.82) is 0 Å². The molecular formula is C12H20NP. The van der Waals surface area contributed by atoms with Crippen molar-refractivity contribution in [2.75, 3.05) is 0 Å². The number of hydrogen-bond donors (Lipinski definition) is 1. The second-order valence-electron chi connectivity index (χ2n) is 2.98. The van der Waals surface area contributed by atoms with Gasteiger partial charge in [-0.3, -0.25) is 0 Å². The van der Waals surface area contributed by atoms with Crippen molar-refractivity contribution in [3.8, 4) is 0 Å². The van der Waals surface area contributed by atoms with E-state index in [1.54, 1.807) is 0 Å². The molecule has 0 heterocycles. The summed E-state index contributed by atoms with van der Waals surface area (Å²) in [5.74, 6) is 0. The molecule has 1 atom stereocenters. The Hall–Kier alpha value is -0.650. The standard InChI is InChI=1S/C10H14NP.C2H6/c1-8(12)10(11)7-9-5-3-2-4-6-9;1-2/h2-6,10,12H,7,11H2,1H3;1-2H3. The van der Waals surface area contributed by atoms with Gasteiger partial charge < -0.3 is 5.73 Å². The maximum absolute atomic E-state index is 5.86. The smallest absolute Gasteiger partial charge is 0.0332 e. The van der Waals surface area contributed by atoms with Crippen LogP contribution in [0, 0.1) is 0 Å². The molecule has 78 valence electrons. The van der Waals surface area contributed by atoms with Crippen LogP contribution >= 0.6 is 8.86 Å². The SMILES string of the molecule is CC.CC(=P)C(N)Cc1ccccc1. The number of hydrogen-bond acceptors (Lipinski definition) is 1. The van der Waals surface area contributed by atoms with Gasteiger partial charge in [0.1, 0.15) is 0 Å². The molecule has 1 unspecified atom stereocenters. The highest BCUT2D eigenvalue weighted by Crippen LogP contribution is 2.03. The van der Waals surface area contributed by atoms with Crippen LogP contribution < -0.4 is 5.73 Å². The average molecular weight is 209 g/mol. The van der Waals surface area contributed by atoms with Crippen molar-refractivity contribution in [3.05, 3.63) is 35.9 Å². The quantitative estimate of drug-likeness (QED) is 0.761. The summed E-state index contributed by atoms with van der Waals surface area (Å²) in [4.78, 5) is 0. The van der Waals surface area contributed by atoms with E-state index >= 15 is 0 Å². The molecule has 0 fully saturated rings. The molecular weight excluding hydrogens is 189 g/mol. The van der Waals surface area contributed by atoms with Crippen LogP contribution in [-0.2, 0) is 6.42 Å². The fraction of sp³-hybridized carbons (Fsp3) is 0.417. The second kappa shape index (κ2) is 7.73. The predicted molar refractivity (Wildman–Crippen MR) is 68.5 cm³/mol. The van der Waals surface area contributed by atoms with Crippen molar-refractivity contribution in [2.24, 2.45) is 5.73 Å². The lowest BCUT2D eigenvalue weighted by Gasteiger charge is -2.09. The maximum Gasteiger partial charge on any atom is 0.0332 e. The van der Waals surface area contributed by atoms with E-state index in [1.807, 2.05) is 39.0 Å². The lowest BCUT2D eigenvalue weighted by molar-refractivity contribution is 0.856. The summed E-state index contributed by atoms with van der Waals surface area (Å²) >= 11 is 0. The third-order valence-electron chi connectivity index (χ3n) is 1.85. The summed E-state index contributed by atoms with van der Waals surface area (Å²) in [6.45, 7) is 5.99. The van der Waals surface area contributed by atoms with E-state index in [2.05, 4.69) is 21.0 Å². The number of rotatable bonds is 3. The van der Waals surface area contributed by atoms with Crippen molar-refractivity contribution in [1.82, 2.24) is 0 Å². The first kappa shape index (κ1) is 13.4. The third-order valence-corrected chi connectivity index (χ3v) is 2.23. The lowest BCUT2D eigenvalue weighted by Crippen LogP contribution is -2.29. The highest BCUT2D eigenvalue weighted by molar-refractivity contribution is 7.21. The Labute approximate surface area is 89.6 Å². The van der Waals surface area contributed by atoms with Crippen molar-refractivity contribution in [3.63, 3.8) is 0 Å². The summed E-state index contributed by atoms with van der Waals surface area (Å²) < 4.78 is 0. The fourth-order valence-corrected chi connectivity index (χ4v) is 1.12. The molecule has 1 rings (SSSR count). The molecule has 0 saturated carbocycles. The van der Waals surface area contributed by atoms with Crippen LogP contribution in [0.3, 0.4) is 0 Å². The predicted octanol–water partition coefficient (Wildman–Crippen LogP) is 2.92. The van der Waals surface area contributed by atoms with Gasteiger partial charge in [0.2, 0.25) is 0 Å². The van der Waals surface area contributed by atoms with E-state index in [4.69, 9.17) is 5.73 Å². The summed E-state index contributed by atoms with van der Waals surface area (Å²) in [6.07, 6.45) is 0.899. The van der Waals surface area contributed by atoms with E-state index in [1.165, 1.54) is 5.56 Å². The van der Waals surface area contributed by atoms with Gasteiger partial charge in [-0.1, -0.05) is 44.2 Å². The van der Waals surface area contributed by atoms with E-state index in [0.717, 1.165) is 11.7 Å². The first-order chi connectivity index (χ1) is 6.70. The Morgan fingerprint density at radius 2 is 1.79 bits per heavy atom. The summed E-state index contributed by atoms with van der Waals surface area (Å²) in [5, 5.41) is 1.10. The minimum absolute atomic E-state index is 0.115. The van der Waals surface area contributed by atoms with Crippen LogP contribution in [0.1, 0.15) is 26.3 Å². The number of nitrogens with two attached hydrogens (primary N) is 1. The van der Waals surface area contributed by atoms with Crippen LogP contribution in [0.25, 0.3) is 0 Å². The molecule has 0 amide bonds. The molecule has 1 aromatic rings. The zero-order valence-corrected chi connectivity index (χ0v) is 10.2. The highest BCUT2D eigenvalue weighted by atomic mass is 31.0. The van der Waals surface area contributed by atoms with E-state index in [9.17, 15) is 0 Å². The molecule has 2 N–H and O–H groups in total. The molecule has 0 aromatic heterocycles. The Morgan fingerprint density at radius 1 is 1.29 bits per heavy atom. The van der Waals surface area contributed by atoms with Gasteiger partial charge in [-0.05, 0) is 24.2 Å². The average Bonchev–Trinajstić information content (AvgIpc) is 2.22. The topological polar surface area (TPSA) is 26.0 Å². The Kier molecular flexibility index (Phi) is 7.37. The molecule has 0 aliphatic carbocycles. The third kappa shape index (κ3) is 5.16. The first-order valence-electron chi connectivity index (χ1n) is 5.04. The van der Waals surface area contributed by atoms with Crippen LogP contribution in [0.2, 0.25) is 0 Å². The minimum atomic E-state index is 0.115. The molecule has 0 spiro atoms. The van der Waals surface area contributed by atoms with Gasteiger partial charge in [-0.15, -0.1) is 8.86 Å². The summed E-state index contributed by atoms with van der Waals surface area (Å²) in [5.41, 5.74) is 7.14. The van der Waals surface area contributed by atoms with Crippen molar-refractivity contribution in [2.45, 2.75) is 33.2 Å². The van der Waals surface area contributed by atoms with Crippen LogP contribution in [0.15, 0.2) is 30.3 Å². The van der Waals surface area contributed by atoms with Gasteiger partial charge in [-0.25, -0.2) is 0 Å². The molecule has 0 radical (unpaired) electrons. The molecule has 1 nitrogen and oxygen atoms in total. The Balaban J connectivity index is 0.000000791. The van der Waals surface area contributed by atoms with E-state index < -0.39 is 0 Å². The normalized spacial score (nSPS) is 11.1. The van der Waals surface area contributed by atoms with Gasteiger partial charge in [0.25, 0.3) is 0 Å². The fourth-order valence-electron chi connectivity index (χ4n) is 1.02. The zero-order chi connectivity index (χ0) is 11.0. The monoisotopic (exact) mass is 209 g/mol. The van der Waals surface area contributed by atoms with E-state index in [0.29, 0.717) is 0 Å². The van der Waals surface area contributed by atoms with Crippen molar-refractivity contribution >= 4 is 14.2 Å². The Morgan fingerprint density at radius 3 is 2.21 bits per heavy atom. The maximum atomic E-state index is 5.86. The second-order valence-corrected chi connectivity index (χ2v) is 3.77. The van der Waals surface area contributed by atoms with Crippen LogP contribution in [0.5, 0.6) is 0 Å². The van der Waals surface area contributed by atoms with Crippen LogP contribution in [0.4, 0.5) is 0 Å². The molecule has 0 aliphatic heterocycles. The van der Waals surface area contributed by atoms with Gasteiger partial charge >= 0.3 is 0 Å². The van der Waals surface area contributed by atoms with Gasteiger partial charge in [0.05, 0.1) is 0 Å². The summed E-state index contributed by atoms with van der Waals surface area (Å²) in [7, 11) is 3.44. The molecule has 0 saturated heterocycles. The highest BCUT2D eigenvalue weighted by Gasteiger charge is 2.03. The van der Waals surface area contributed by atoms with Crippen molar-refractivity contribution < 1.29 is 0 Å². The van der Waals surface area contributed by atoms with Gasteiger partial charge in [0.15, 0.2) is 0 Å². The van der Waals surface area contributed by atoms with Gasteiger partial charge in [-0.2, -0.15) is 0 Å². The lowest BCUT2D eigenvalue weighted by atomic mass is 10.1. The first-order valence-corrected chi connectivity index (χ1v) is 5.54. The molecule has 0 bridgehead atoms. The van der Waals surface area contributed by atoms with E-state index in [-0.39, 0.29) is 6.04 Å². The zero-order valence-electron chi connectivity index (χ0n) is 9.25. The Bertz CT molecular complexity index is 256. The molecule has 14 heavy (non-hydrogen) atoms.